The number of carbonyl (C=O) groups excluding carboxylic acids is 1. The van der Waals surface area contributed by atoms with Crippen molar-refractivity contribution >= 4 is 15.9 Å². The Balaban J connectivity index is 1.72. The third-order valence-corrected chi connectivity index (χ3v) is 5.22. The Bertz CT molecular complexity index is 837. The highest BCUT2D eigenvalue weighted by Gasteiger charge is 2.14. The fourth-order valence-corrected chi connectivity index (χ4v) is 3.38. The number of rotatable bonds is 10. The van der Waals surface area contributed by atoms with Crippen LogP contribution in [0.15, 0.2) is 53.4 Å². The van der Waals surface area contributed by atoms with Crippen LogP contribution in [0.4, 0.5) is 4.39 Å². The molecule has 0 aliphatic rings. The average Bonchev–Trinajstić information content (AvgIpc) is 2.64. The first-order valence-corrected chi connectivity index (χ1v) is 10.1. The van der Waals surface area contributed by atoms with E-state index in [0.717, 1.165) is 5.56 Å². The van der Waals surface area contributed by atoms with Crippen molar-refractivity contribution in [2.24, 2.45) is 0 Å². The number of sulfonamides is 1. The predicted octanol–water partition coefficient (Wildman–Crippen LogP) is 2.25. The third-order valence-electron chi connectivity index (χ3n) is 3.74. The summed E-state index contributed by atoms with van der Waals surface area (Å²) in [5, 5.41) is 2.71. The van der Waals surface area contributed by atoms with E-state index in [1.807, 2.05) is 6.92 Å². The van der Waals surface area contributed by atoms with Gasteiger partial charge in [0.2, 0.25) is 15.9 Å². The minimum atomic E-state index is -3.68. The van der Waals surface area contributed by atoms with Crippen molar-refractivity contribution in [1.82, 2.24) is 10.0 Å². The van der Waals surface area contributed by atoms with Crippen molar-refractivity contribution < 1.29 is 22.3 Å². The second-order valence-electron chi connectivity index (χ2n) is 5.78. The quantitative estimate of drug-likeness (QED) is 0.647. The van der Waals surface area contributed by atoms with Gasteiger partial charge in [-0.2, -0.15) is 0 Å². The van der Waals surface area contributed by atoms with Gasteiger partial charge in [0, 0.05) is 19.5 Å². The van der Waals surface area contributed by atoms with Gasteiger partial charge >= 0.3 is 0 Å². The molecule has 0 radical (unpaired) electrons. The number of amides is 1. The van der Waals surface area contributed by atoms with E-state index in [-0.39, 0.29) is 29.6 Å². The Morgan fingerprint density at radius 2 is 1.70 bits per heavy atom. The van der Waals surface area contributed by atoms with Crippen LogP contribution in [0.2, 0.25) is 0 Å². The molecule has 0 aliphatic heterocycles. The van der Waals surface area contributed by atoms with Gasteiger partial charge in [-0.3, -0.25) is 4.79 Å². The maximum atomic E-state index is 12.8. The second-order valence-corrected chi connectivity index (χ2v) is 7.55. The zero-order chi connectivity index (χ0) is 19.7. The second kappa shape index (κ2) is 10.0. The summed E-state index contributed by atoms with van der Waals surface area (Å²) in [6.07, 6.45) is 0.601. The van der Waals surface area contributed by atoms with Crippen LogP contribution in [0.25, 0.3) is 0 Å². The van der Waals surface area contributed by atoms with E-state index in [1.54, 1.807) is 24.3 Å². The summed E-state index contributed by atoms with van der Waals surface area (Å²) in [4.78, 5) is 11.9. The lowest BCUT2D eigenvalue weighted by atomic mass is 10.1. The lowest BCUT2D eigenvalue weighted by molar-refractivity contribution is -0.120. The number of benzene rings is 2. The Morgan fingerprint density at radius 3 is 2.33 bits per heavy atom. The smallest absolute Gasteiger partial charge is 0.240 e. The van der Waals surface area contributed by atoms with Gasteiger partial charge in [0.15, 0.2) is 0 Å². The molecule has 2 aromatic carbocycles. The van der Waals surface area contributed by atoms with Gasteiger partial charge in [0.25, 0.3) is 0 Å². The van der Waals surface area contributed by atoms with E-state index in [0.29, 0.717) is 25.3 Å². The highest BCUT2D eigenvalue weighted by molar-refractivity contribution is 7.89. The SMILES string of the molecule is CCOc1ccc(S(=O)(=O)NCCC(=O)NCCc2ccc(F)cc2)cc1. The Kier molecular flexibility index (Phi) is 7.75. The largest absolute Gasteiger partial charge is 0.494 e. The van der Waals surface area contributed by atoms with Crippen molar-refractivity contribution in [3.8, 4) is 5.75 Å². The van der Waals surface area contributed by atoms with Crippen LogP contribution in [0, 0.1) is 5.82 Å². The molecule has 0 bridgehead atoms. The molecule has 6 nitrogen and oxygen atoms in total. The highest BCUT2D eigenvalue weighted by atomic mass is 32.2. The summed E-state index contributed by atoms with van der Waals surface area (Å²) >= 11 is 0. The lowest BCUT2D eigenvalue weighted by Gasteiger charge is -2.09. The van der Waals surface area contributed by atoms with Crippen molar-refractivity contribution in [3.63, 3.8) is 0 Å². The topological polar surface area (TPSA) is 84.5 Å². The van der Waals surface area contributed by atoms with Crippen LogP contribution in [-0.2, 0) is 21.2 Å². The zero-order valence-electron chi connectivity index (χ0n) is 15.1. The number of hydrogen-bond donors (Lipinski definition) is 2. The van der Waals surface area contributed by atoms with E-state index in [9.17, 15) is 17.6 Å². The number of halogens is 1. The highest BCUT2D eigenvalue weighted by Crippen LogP contribution is 2.15. The summed E-state index contributed by atoms with van der Waals surface area (Å²) < 4.78 is 44.9. The molecule has 0 unspecified atom stereocenters. The van der Waals surface area contributed by atoms with Gasteiger partial charge in [0.05, 0.1) is 11.5 Å². The molecule has 0 saturated heterocycles. The molecule has 0 aliphatic carbocycles. The van der Waals surface area contributed by atoms with E-state index in [1.165, 1.54) is 24.3 Å². The summed E-state index contributed by atoms with van der Waals surface area (Å²) in [6, 6.07) is 12.1. The fraction of sp³-hybridized carbons (Fsp3) is 0.316. The maximum Gasteiger partial charge on any atom is 0.240 e. The van der Waals surface area contributed by atoms with Crippen LogP contribution in [0.1, 0.15) is 18.9 Å². The molecule has 2 N–H and O–H groups in total. The number of carbonyl (C=O) groups is 1. The molecule has 0 aromatic heterocycles. The van der Waals surface area contributed by atoms with Gasteiger partial charge in [-0.25, -0.2) is 17.5 Å². The van der Waals surface area contributed by atoms with E-state index in [2.05, 4.69) is 10.0 Å². The summed E-state index contributed by atoms with van der Waals surface area (Å²) in [5.41, 5.74) is 0.910. The molecule has 2 rings (SSSR count). The molecule has 0 saturated carbocycles. The standard InChI is InChI=1S/C19H23FN2O4S/c1-2-26-17-7-9-18(10-8-17)27(24,25)22-14-12-19(23)21-13-11-15-3-5-16(20)6-4-15/h3-10,22H,2,11-14H2,1H3,(H,21,23). The molecule has 2 aromatic rings. The summed E-state index contributed by atoms with van der Waals surface area (Å²) in [6.45, 7) is 2.74. The molecular weight excluding hydrogens is 371 g/mol. The number of hydrogen-bond acceptors (Lipinski definition) is 4. The molecular formula is C19H23FN2O4S. The van der Waals surface area contributed by atoms with Crippen LogP contribution >= 0.6 is 0 Å². The Hall–Kier alpha value is -2.45. The van der Waals surface area contributed by atoms with E-state index < -0.39 is 10.0 Å². The van der Waals surface area contributed by atoms with Gasteiger partial charge < -0.3 is 10.1 Å². The lowest BCUT2D eigenvalue weighted by Crippen LogP contribution is -2.31. The Labute approximate surface area is 158 Å². The zero-order valence-corrected chi connectivity index (χ0v) is 15.9. The summed E-state index contributed by atoms with van der Waals surface area (Å²) in [5.74, 6) is 0.0334. The molecule has 0 fully saturated rings. The summed E-state index contributed by atoms with van der Waals surface area (Å²) in [7, 11) is -3.68. The molecule has 0 spiro atoms. The van der Waals surface area contributed by atoms with Crippen molar-refractivity contribution in [3.05, 3.63) is 59.9 Å². The Morgan fingerprint density at radius 1 is 1.04 bits per heavy atom. The first kappa shape index (κ1) is 20.9. The van der Waals surface area contributed by atoms with Crippen LogP contribution in [-0.4, -0.2) is 34.0 Å². The van der Waals surface area contributed by atoms with E-state index in [4.69, 9.17) is 4.74 Å². The fourth-order valence-electron chi connectivity index (χ4n) is 2.35. The third kappa shape index (κ3) is 6.99. The maximum absolute atomic E-state index is 12.8. The van der Waals surface area contributed by atoms with Crippen molar-refractivity contribution in [2.45, 2.75) is 24.7 Å². The van der Waals surface area contributed by atoms with Gasteiger partial charge in [-0.05, 0) is 55.3 Å². The number of ether oxygens (including phenoxy) is 1. The first-order valence-electron chi connectivity index (χ1n) is 8.64. The molecule has 27 heavy (non-hydrogen) atoms. The monoisotopic (exact) mass is 394 g/mol. The molecule has 0 atom stereocenters. The minimum Gasteiger partial charge on any atom is -0.494 e. The molecule has 1 amide bonds. The van der Waals surface area contributed by atoms with Gasteiger partial charge in [-0.15, -0.1) is 0 Å². The van der Waals surface area contributed by atoms with Gasteiger partial charge in [-0.1, -0.05) is 12.1 Å². The normalized spacial score (nSPS) is 11.2. The van der Waals surface area contributed by atoms with Crippen LogP contribution < -0.4 is 14.8 Å². The predicted molar refractivity (Wildman–Crippen MR) is 101 cm³/mol. The van der Waals surface area contributed by atoms with Crippen molar-refractivity contribution in [2.75, 3.05) is 19.7 Å². The van der Waals surface area contributed by atoms with Gasteiger partial charge in [0.1, 0.15) is 11.6 Å². The number of nitrogens with one attached hydrogen (secondary N) is 2. The molecule has 0 heterocycles. The average molecular weight is 394 g/mol. The first-order chi connectivity index (χ1) is 12.9. The molecule has 146 valence electrons. The van der Waals surface area contributed by atoms with E-state index >= 15 is 0 Å². The minimum absolute atomic E-state index is 0.00206. The molecule has 8 heteroatoms. The van der Waals surface area contributed by atoms with Crippen LogP contribution in [0.5, 0.6) is 5.75 Å². The van der Waals surface area contributed by atoms with Crippen molar-refractivity contribution in [1.29, 1.82) is 0 Å². The van der Waals surface area contributed by atoms with Crippen LogP contribution in [0.3, 0.4) is 0 Å².